The maximum absolute atomic E-state index is 13.7. The zero-order chi connectivity index (χ0) is 21.3. The average molecular weight is 407 g/mol. The van der Waals surface area contributed by atoms with Crippen molar-refractivity contribution >= 4 is 5.91 Å². The van der Waals surface area contributed by atoms with Gasteiger partial charge in [0.1, 0.15) is 18.2 Å². The molecule has 1 unspecified atom stereocenters. The second kappa shape index (κ2) is 10.6. The number of hydrogen-bond donors (Lipinski definition) is 2. The lowest BCUT2D eigenvalue weighted by atomic mass is 10.0. The summed E-state index contributed by atoms with van der Waals surface area (Å²) in [6, 6.07) is 23.4. The smallest absolute Gasteiger partial charge is 0.253 e. The van der Waals surface area contributed by atoms with Crippen LogP contribution in [0.2, 0.25) is 0 Å². The fourth-order valence-corrected chi connectivity index (χ4v) is 3.11. The van der Waals surface area contributed by atoms with Crippen molar-refractivity contribution in [2.24, 2.45) is 0 Å². The van der Waals surface area contributed by atoms with Crippen LogP contribution in [0.3, 0.4) is 0 Å². The molecule has 5 heteroatoms. The van der Waals surface area contributed by atoms with E-state index in [2.05, 4.69) is 5.32 Å². The van der Waals surface area contributed by atoms with E-state index in [0.717, 1.165) is 23.3 Å². The van der Waals surface area contributed by atoms with Gasteiger partial charge in [-0.1, -0.05) is 60.7 Å². The Morgan fingerprint density at radius 1 is 0.967 bits per heavy atom. The van der Waals surface area contributed by atoms with Crippen LogP contribution >= 0.6 is 0 Å². The molecule has 0 aromatic heterocycles. The summed E-state index contributed by atoms with van der Waals surface area (Å²) in [4.78, 5) is 12.2. The molecule has 0 spiro atoms. The number of aryl methyl sites for hydroxylation is 1. The molecule has 2 N–H and O–H groups in total. The summed E-state index contributed by atoms with van der Waals surface area (Å²) >= 11 is 0. The molecule has 0 radical (unpaired) electrons. The van der Waals surface area contributed by atoms with Crippen LogP contribution < -0.4 is 10.1 Å². The summed E-state index contributed by atoms with van der Waals surface area (Å²) in [5.74, 6) is -0.392. The van der Waals surface area contributed by atoms with Crippen molar-refractivity contribution in [3.8, 4) is 5.75 Å². The number of hydrogen-bond acceptors (Lipinski definition) is 3. The number of halogens is 1. The van der Waals surface area contributed by atoms with E-state index >= 15 is 0 Å². The van der Waals surface area contributed by atoms with Gasteiger partial charge in [0.05, 0.1) is 0 Å². The molecule has 0 saturated heterocycles. The highest BCUT2D eigenvalue weighted by Crippen LogP contribution is 2.18. The van der Waals surface area contributed by atoms with E-state index in [1.807, 2.05) is 61.5 Å². The molecule has 0 saturated carbocycles. The maximum atomic E-state index is 13.7. The highest BCUT2D eigenvalue weighted by atomic mass is 19.1. The van der Waals surface area contributed by atoms with Gasteiger partial charge in [-0.15, -0.1) is 0 Å². The fraction of sp³-hybridized carbons (Fsp3) is 0.240. The Labute approximate surface area is 176 Å². The molecule has 30 heavy (non-hydrogen) atoms. The topological polar surface area (TPSA) is 58.6 Å². The van der Waals surface area contributed by atoms with E-state index in [4.69, 9.17) is 4.74 Å². The quantitative estimate of drug-likeness (QED) is 0.546. The van der Waals surface area contributed by atoms with Crippen molar-refractivity contribution in [3.63, 3.8) is 0 Å². The fourth-order valence-electron chi connectivity index (χ4n) is 3.11. The van der Waals surface area contributed by atoms with Crippen LogP contribution in [-0.4, -0.2) is 17.1 Å². The number of amides is 1. The second-order valence-electron chi connectivity index (χ2n) is 7.29. The van der Waals surface area contributed by atoms with E-state index in [1.165, 1.54) is 18.2 Å². The molecule has 3 aromatic rings. The molecule has 3 rings (SSSR count). The van der Waals surface area contributed by atoms with Crippen molar-refractivity contribution in [1.82, 2.24) is 5.32 Å². The van der Waals surface area contributed by atoms with Gasteiger partial charge in [-0.05, 0) is 49.1 Å². The van der Waals surface area contributed by atoms with E-state index in [0.29, 0.717) is 13.0 Å². The minimum atomic E-state index is -1.52. The molecule has 0 aliphatic heterocycles. The van der Waals surface area contributed by atoms with Gasteiger partial charge in [-0.2, -0.15) is 0 Å². The third kappa shape index (κ3) is 6.16. The highest BCUT2D eigenvalue weighted by molar-refractivity contribution is 5.82. The lowest BCUT2D eigenvalue weighted by molar-refractivity contribution is -0.130. The van der Waals surface area contributed by atoms with Gasteiger partial charge in [0, 0.05) is 11.6 Å². The van der Waals surface area contributed by atoms with Crippen LogP contribution in [0.25, 0.3) is 0 Å². The predicted molar refractivity (Wildman–Crippen MR) is 115 cm³/mol. The maximum Gasteiger partial charge on any atom is 0.253 e. The molecule has 0 aliphatic carbocycles. The van der Waals surface area contributed by atoms with E-state index in [1.54, 1.807) is 6.07 Å². The minimum Gasteiger partial charge on any atom is -0.489 e. The standard InChI is InChI=1S/C25H26FNO3/c1-18(27-25(29)24(28)22-9-5-6-10-23(22)26)11-12-19-13-15-21(16-14-19)30-17-20-7-3-2-4-8-20/h2-10,13-16,18,24,28H,11-12,17H2,1H3,(H,27,29)/t18-,24?/m1/s1. The molecule has 2 atom stereocenters. The minimum absolute atomic E-state index is 0.0201. The number of carbonyl (C=O) groups excluding carboxylic acids is 1. The molecule has 1 amide bonds. The van der Waals surface area contributed by atoms with Gasteiger partial charge in [0.25, 0.3) is 5.91 Å². The average Bonchev–Trinajstić information content (AvgIpc) is 2.77. The van der Waals surface area contributed by atoms with Crippen molar-refractivity contribution in [2.75, 3.05) is 0 Å². The first kappa shape index (κ1) is 21.5. The number of aliphatic hydroxyl groups excluding tert-OH is 1. The molecule has 0 bridgehead atoms. The first-order chi connectivity index (χ1) is 14.5. The van der Waals surface area contributed by atoms with Gasteiger partial charge >= 0.3 is 0 Å². The number of rotatable bonds is 9. The lowest BCUT2D eigenvalue weighted by Crippen LogP contribution is -2.36. The Morgan fingerprint density at radius 3 is 2.33 bits per heavy atom. The van der Waals surface area contributed by atoms with Crippen molar-refractivity contribution in [2.45, 2.75) is 38.5 Å². The summed E-state index contributed by atoms with van der Waals surface area (Å²) in [5, 5.41) is 12.8. The van der Waals surface area contributed by atoms with Crippen LogP contribution in [0, 0.1) is 5.82 Å². The molecule has 156 valence electrons. The molecule has 0 fully saturated rings. The molecular formula is C25H26FNO3. The van der Waals surface area contributed by atoms with Gasteiger partial charge < -0.3 is 15.2 Å². The van der Waals surface area contributed by atoms with Crippen LogP contribution in [0.4, 0.5) is 4.39 Å². The molecule has 3 aromatic carbocycles. The van der Waals surface area contributed by atoms with Crippen LogP contribution in [0.5, 0.6) is 5.75 Å². The third-order valence-electron chi connectivity index (χ3n) is 4.87. The largest absolute Gasteiger partial charge is 0.489 e. The van der Waals surface area contributed by atoms with Gasteiger partial charge in [-0.3, -0.25) is 4.79 Å². The van der Waals surface area contributed by atoms with Crippen molar-refractivity contribution in [3.05, 3.63) is 101 Å². The Morgan fingerprint density at radius 2 is 1.63 bits per heavy atom. The SMILES string of the molecule is C[C@H](CCc1ccc(OCc2ccccc2)cc1)NC(=O)C(O)c1ccccc1F. The van der Waals surface area contributed by atoms with Crippen molar-refractivity contribution in [1.29, 1.82) is 0 Å². The number of ether oxygens (including phenoxy) is 1. The number of nitrogens with one attached hydrogen (secondary N) is 1. The Hall–Kier alpha value is -3.18. The zero-order valence-corrected chi connectivity index (χ0v) is 16.9. The number of aliphatic hydroxyl groups is 1. The Kier molecular flexibility index (Phi) is 7.57. The Bertz CT molecular complexity index is 944. The van der Waals surface area contributed by atoms with Gasteiger partial charge in [0.2, 0.25) is 0 Å². The summed E-state index contributed by atoms with van der Waals surface area (Å²) in [7, 11) is 0. The summed E-state index contributed by atoms with van der Waals surface area (Å²) in [6.07, 6.45) is -0.0643. The third-order valence-corrected chi connectivity index (χ3v) is 4.87. The Balaban J connectivity index is 1.44. The normalized spacial score (nSPS) is 12.8. The van der Waals surface area contributed by atoms with Crippen molar-refractivity contribution < 1.29 is 19.0 Å². The van der Waals surface area contributed by atoms with Crippen LogP contribution in [0.15, 0.2) is 78.9 Å². The summed E-state index contributed by atoms with van der Waals surface area (Å²) in [5.41, 5.74) is 2.22. The number of carbonyl (C=O) groups is 1. The summed E-state index contributed by atoms with van der Waals surface area (Å²) in [6.45, 7) is 2.39. The lowest BCUT2D eigenvalue weighted by Gasteiger charge is -2.17. The first-order valence-corrected chi connectivity index (χ1v) is 10.0. The predicted octanol–water partition coefficient (Wildman–Crippen LogP) is 4.58. The monoisotopic (exact) mass is 407 g/mol. The van der Waals surface area contributed by atoms with Crippen LogP contribution in [-0.2, 0) is 17.8 Å². The van der Waals surface area contributed by atoms with Gasteiger partial charge in [0.15, 0.2) is 6.10 Å². The van der Waals surface area contributed by atoms with Crippen LogP contribution in [0.1, 0.15) is 36.1 Å². The van der Waals surface area contributed by atoms with E-state index in [9.17, 15) is 14.3 Å². The molecule has 0 heterocycles. The summed E-state index contributed by atoms with van der Waals surface area (Å²) < 4.78 is 19.5. The van der Waals surface area contributed by atoms with E-state index in [-0.39, 0.29) is 11.6 Å². The second-order valence-corrected chi connectivity index (χ2v) is 7.29. The molecule has 4 nitrogen and oxygen atoms in total. The van der Waals surface area contributed by atoms with Gasteiger partial charge in [-0.25, -0.2) is 4.39 Å². The van der Waals surface area contributed by atoms with E-state index < -0.39 is 17.8 Å². The zero-order valence-electron chi connectivity index (χ0n) is 16.9. The first-order valence-electron chi connectivity index (χ1n) is 10.0. The molecule has 0 aliphatic rings. The number of benzene rings is 3. The highest BCUT2D eigenvalue weighted by Gasteiger charge is 2.21. The molecular weight excluding hydrogens is 381 g/mol.